The van der Waals surface area contributed by atoms with E-state index in [2.05, 4.69) is 34.3 Å². The number of methoxy groups -OCH3 is 1. The predicted molar refractivity (Wildman–Crippen MR) is 98.2 cm³/mol. The monoisotopic (exact) mass is 352 g/mol. The van der Waals surface area contributed by atoms with Crippen molar-refractivity contribution in [3.63, 3.8) is 0 Å². The SMILES string of the molecule is COc1ccc([C@H]2CN(C)[C@@H]3CCN(C(=O)c4cccnn4)C[C@H]23)cc1. The van der Waals surface area contributed by atoms with Crippen LogP contribution >= 0.6 is 0 Å². The fourth-order valence-electron chi connectivity index (χ4n) is 4.46. The Morgan fingerprint density at radius 1 is 1.19 bits per heavy atom. The van der Waals surface area contributed by atoms with Gasteiger partial charge >= 0.3 is 0 Å². The van der Waals surface area contributed by atoms with E-state index in [-0.39, 0.29) is 5.91 Å². The molecule has 4 rings (SSSR count). The second-order valence-corrected chi connectivity index (χ2v) is 7.20. The topological polar surface area (TPSA) is 58.6 Å². The molecule has 0 aliphatic carbocycles. The molecule has 2 fully saturated rings. The van der Waals surface area contributed by atoms with E-state index in [0.29, 0.717) is 23.6 Å². The van der Waals surface area contributed by atoms with Gasteiger partial charge in [-0.2, -0.15) is 5.10 Å². The van der Waals surface area contributed by atoms with Gasteiger partial charge in [-0.05, 0) is 43.3 Å². The molecule has 0 bridgehead atoms. The molecule has 2 aliphatic heterocycles. The van der Waals surface area contributed by atoms with Gasteiger partial charge in [-0.3, -0.25) is 4.79 Å². The van der Waals surface area contributed by atoms with Crippen molar-refractivity contribution < 1.29 is 9.53 Å². The average molecular weight is 352 g/mol. The smallest absolute Gasteiger partial charge is 0.274 e. The molecule has 6 heteroatoms. The Morgan fingerprint density at radius 3 is 2.69 bits per heavy atom. The van der Waals surface area contributed by atoms with Crippen molar-refractivity contribution in [2.75, 3.05) is 33.8 Å². The van der Waals surface area contributed by atoms with E-state index in [0.717, 1.165) is 31.8 Å². The number of likely N-dealkylation sites (tertiary alicyclic amines) is 2. The molecule has 1 aromatic carbocycles. The number of piperidine rings is 1. The molecule has 26 heavy (non-hydrogen) atoms. The number of benzene rings is 1. The molecular formula is C20H24N4O2. The highest BCUT2D eigenvalue weighted by molar-refractivity contribution is 5.92. The number of hydrogen-bond donors (Lipinski definition) is 0. The zero-order valence-electron chi connectivity index (χ0n) is 15.2. The second-order valence-electron chi connectivity index (χ2n) is 7.20. The van der Waals surface area contributed by atoms with Crippen molar-refractivity contribution in [1.82, 2.24) is 20.0 Å². The fraction of sp³-hybridized carbons (Fsp3) is 0.450. The quantitative estimate of drug-likeness (QED) is 0.846. The number of nitrogens with zero attached hydrogens (tertiary/aromatic N) is 4. The lowest BCUT2D eigenvalue weighted by atomic mass is 9.81. The third kappa shape index (κ3) is 3.05. The minimum Gasteiger partial charge on any atom is -0.497 e. The van der Waals surface area contributed by atoms with Crippen LogP contribution in [0.2, 0.25) is 0 Å². The van der Waals surface area contributed by atoms with Crippen LogP contribution in [-0.4, -0.2) is 65.7 Å². The Morgan fingerprint density at radius 2 is 2.00 bits per heavy atom. The van der Waals surface area contributed by atoms with Crippen LogP contribution in [-0.2, 0) is 0 Å². The van der Waals surface area contributed by atoms with E-state index in [9.17, 15) is 4.79 Å². The van der Waals surface area contributed by atoms with Gasteiger partial charge in [-0.25, -0.2) is 0 Å². The summed E-state index contributed by atoms with van der Waals surface area (Å²) in [4.78, 5) is 17.2. The number of fused-ring (bicyclic) bond motifs is 1. The Bertz CT molecular complexity index is 765. The third-order valence-corrected chi connectivity index (χ3v) is 5.81. The van der Waals surface area contributed by atoms with Crippen molar-refractivity contribution >= 4 is 5.91 Å². The number of hydrogen-bond acceptors (Lipinski definition) is 5. The van der Waals surface area contributed by atoms with E-state index in [1.54, 1.807) is 25.4 Å². The normalized spacial score (nSPS) is 25.8. The summed E-state index contributed by atoms with van der Waals surface area (Å²) >= 11 is 0. The lowest BCUT2D eigenvalue weighted by Crippen LogP contribution is -2.48. The number of carbonyl (C=O) groups is 1. The summed E-state index contributed by atoms with van der Waals surface area (Å²) in [5.41, 5.74) is 1.75. The molecule has 2 aromatic rings. The number of ether oxygens (including phenoxy) is 1. The first-order valence-corrected chi connectivity index (χ1v) is 9.08. The van der Waals surface area contributed by atoms with Gasteiger partial charge in [0.05, 0.1) is 7.11 Å². The van der Waals surface area contributed by atoms with E-state index in [1.807, 2.05) is 17.0 Å². The van der Waals surface area contributed by atoms with Gasteiger partial charge in [0, 0.05) is 43.7 Å². The number of likely N-dealkylation sites (N-methyl/N-ethyl adjacent to an activating group) is 1. The molecule has 0 unspecified atom stereocenters. The highest BCUT2D eigenvalue weighted by Crippen LogP contribution is 2.41. The maximum atomic E-state index is 12.8. The highest BCUT2D eigenvalue weighted by atomic mass is 16.5. The molecule has 0 saturated carbocycles. The van der Waals surface area contributed by atoms with Crippen molar-refractivity contribution in [3.05, 3.63) is 53.9 Å². The molecule has 2 aliphatic rings. The molecule has 3 atom stereocenters. The van der Waals surface area contributed by atoms with Gasteiger partial charge in [-0.15, -0.1) is 5.10 Å². The average Bonchev–Trinajstić information content (AvgIpc) is 3.04. The Labute approximate surface area is 153 Å². The summed E-state index contributed by atoms with van der Waals surface area (Å²) < 4.78 is 5.28. The molecule has 1 aromatic heterocycles. The van der Waals surface area contributed by atoms with E-state index in [4.69, 9.17) is 4.74 Å². The molecule has 0 spiro atoms. The molecule has 0 radical (unpaired) electrons. The highest BCUT2D eigenvalue weighted by Gasteiger charge is 2.44. The lowest BCUT2D eigenvalue weighted by Gasteiger charge is -2.38. The first-order chi connectivity index (χ1) is 12.7. The molecule has 2 saturated heterocycles. The number of carbonyl (C=O) groups excluding carboxylic acids is 1. The zero-order valence-corrected chi connectivity index (χ0v) is 15.2. The van der Waals surface area contributed by atoms with Crippen LogP contribution in [0.4, 0.5) is 0 Å². The van der Waals surface area contributed by atoms with Crippen LogP contribution in [0.15, 0.2) is 42.6 Å². The number of rotatable bonds is 3. The van der Waals surface area contributed by atoms with Crippen LogP contribution < -0.4 is 4.74 Å². The van der Waals surface area contributed by atoms with E-state index >= 15 is 0 Å². The summed E-state index contributed by atoms with van der Waals surface area (Å²) in [6, 6.07) is 12.4. The zero-order chi connectivity index (χ0) is 18.1. The van der Waals surface area contributed by atoms with Crippen LogP contribution in [0.1, 0.15) is 28.4 Å². The van der Waals surface area contributed by atoms with Gasteiger partial charge in [0.25, 0.3) is 5.91 Å². The van der Waals surface area contributed by atoms with Gasteiger partial charge in [0.15, 0.2) is 5.69 Å². The predicted octanol–water partition coefficient (Wildman–Crippen LogP) is 2.05. The third-order valence-electron chi connectivity index (χ3n) is 5.81. The lowest BCUT2D eigenvalue weighted by molar-refractivity contribution is 0.0601. The van der Waals surface area contributed by atoms with Crippen LogP contribution in [0.3, 0.4) is 0 Å². The van der Waals surface area contributed by atoms with Gasteiger partial charge in [-0.1, -0.05) is 12.1 Å². The molecule has 136 valence electrons. The van der Waals surface area contributed by atoms with Crippen molar-refractivity contribution in [2.45, 2.75) is 18.4 Å². The molecular weight excluding hydrogens is 328 g/mol. The first kappa shape index (κ1) is 17.0. The fourth-order valence-corrected chi connectivity index (χ4v) is 4.46. The summed E-state index contributed by atoms with van der Waals surface area (Å²) in [7, 11) is 3.88. The maximum absolute atomic E-state index is 12.8. The maximum Gasteiger partial charge on any atom is 0.274 e. The van der Waals surface area contributed by atoms with Crippen molar-refractivity contribution in [2.24, 2.45) is 5.92 Å². The summed E-state index contributed by atoms with van der Waals surface area (Å²) in [5.74, 6) is 1.72. The minimum atomic E-state index is -0.0143. The second kappa shape index (κ2) is 7.03. The summed E-state index contributed by atoms with van der Waals surface area (Å²) in [6.45, 7) is 2.56. The molecule has 0 N–H and O–H groups in total. The number of amides is 1. The van der Waals surface area contributed by atoms with Crippen molar-refractivity contribution in [1.29, 1.82) is 0 Å². The van der Waals surface area contributed by atoms with Gasteiger partial charge < -0.3 is 14.5 Å². The first-order valence-electron chi connectivity index (χ1n) is 9.08. The molecule has 3 heterocycles. The summed E-state index contributed by atoms with van der Waals surface area (Å²) in [5, 5.41) is 7.83. The van der Waals surface area contributed by atoms with E-state index < -0.39 is 0 Å². The Hall–Kier alpha value is -2.47. The Balaban J connectivity index is 1.54. The molecule has 1 amide bonds. The molecule has 6 nitrogen and oxygen atoms in total. The standard InChI is InChI=1S/C20H24N4O2/c1-23-12-16(14-5-7-15(26-2)8-6-14)17-13-24(11-9-19(17)23)20(25)18-4-3-10-21-22-18/h3-8,10,16-17,19H,9,11-13H2,1-2H3/t16-,17-,19-/m1/s1. The number of aromatic nitrogens is 2. The van der Waals surface area contributed by atoms with Gasteiger partial charge in [0.2, 0.25) is 0 Å². The van der Waals surface area contributed by atoms with Crippen LogP contribution in [0.25, 0.3) is 0 Å². The summed E-state index contributed by atoms with van der Waals surface area (Å²) in [6.07, 6.45) is 2.59. The Kier molecular flexibility index (Phi) is 4.59. The van der Waals surface area contributed by atoms with Crippen LogP contribution in [0.5, 0.6) is 5.75 Å². The van der Waals surface area contributed by atoms with Crippen LogP contribution in [0, 0.1) is 5.92 Å². The minimum absolute atomic E-state index is 0.0143. The van der Waals surface area contributed by atoms with E-state index in [1.165, 1.54) is 5.56 Å². The van der Waals surface area contributed by atoms with Gasteiger partial charge in [0.1, 0.15) is 5.75 Å². The van der Waals surface area contributed by atoms with Crippen molar-refractivity contribution in [3.8, 4) is 5.75 Å². The largest absolute Gasteiger partial charge is 0.497 e.